The van der Waals surface area contributed by atoms with E-state index in [1.165, 1.54) is 5.56 Å². The maximum atomic E-state index is 12.2. The van der Waals surface area contributed by atoms with E-state index in [1.54, 1.807) is 6.92 Å². The number of carbonyl (C=O) groups is 2. The Labute approximate surface area is 138 Å². The van der Waals surface area contributed by atoms with Gasteiger partial charge in [0.05, 0.1) is 5.69 Å². The van der Waals surface area contributed by atoms with E-state index in [0.717, 1.165) is 35.7 Å². The van der Waals surface area contributed by atoms with Crippen LogP contribution in [0.2, 0.25) is 0 Å². The molecule has 1 aliphatic rings. The van der Waals surface area contributed by atoms with Crippen molar-refractivity contribution in [2.75, 3.05) is 11.9 Å². The summed E-state index contributed by atoms with van der Waals surface area (Å²) in [5.41, 5.74) is 3.69. The zero-order chi connectivity index (χ0) is 16.4. The predicted octanol–water partition coefficient (Wildman–Crippen LogP) is 2.39. The summed E-state index contributed by atoms with van der Waals surface area (Å²) in [4.78, 5) is 26.5. The first-order valence-electron chi connectivity index (χ1n) is 7.58. The quantitative estimate of drug-likeness (QED) is 0.937. The second-order valence-corrected chi connectivity index (χ2v) is 6.30. The third kappa shape index (κ3) is 3.24. The Morgan fingerprint density at radius 1 is 1.35 bits per heavy atom. The van der Waals surface area contributed by atoms with E-state index >= 15 is 0 Å². The number of nitrogens with zero attached hydrogens (tertiary/aromatic N) is 3. The maximum absolute atomic E-state index is 12.2. The molecule has 0 radical (unpaired) electrons. The first-order chi connectivity index (χ1) is 11.1. The normalized spacial score (nSPS) is 13.6. The Morgan fingerprint density at radius 3 is 2.87 bits per heavy atom. The molecule has 2 heterocycles. The number of anilines is 1. The minimum absolute atomic E-state index is 0.163. The fraction of sp³-hybridized carbons (Fsp3) is 0.375. The summed E-state index contributed by atoms with van der Waals surface area (Å²) in [6.07, 6.45) is 1.37. The van der Waals surface area contributed by atoms with Crippen molar-refractivity contribution < 1.29 is 9.59 Å². The Hall–Kier alpha value is -2.28. The van der Waals surface area contributed by atoms with Crippen LogP contribution in [0, 0.1) is 6.92 Å². The molecule has 0 atom stereocenters. The van der Waals surface area contributed by atoms with Crippen molar-refractivity contribution in [3.63, 3.8) is 0 Å². The number of aryl methyl sites for hydroxylation is 1. The molecule has 2 amide bonds. The van der Waals surface area contributed by atoms with Crippen LogP contribution in [-0.2, 0) is 17.8 Å². The lowest BCUT2D eigenvalue weighted by molar-refractivity contribution is -0.131. The van der Waals surface area contributed by atoms with Gasteiger partial charge in [0.15, 0.2) is 0 Å². The minimum Gasteiger partial charge on any atom is -0.338 e. The van der Waals surface area contributed by atoms with Gasteiger partial charge >= 0.3 is 0 Å². The van der Waals surface area contributed by atoms with Gasteiger partial charge in [-0.15, -0.1) is 5.10 Å². The smallest absolute Gasteiger partial charge is 0.269 e. The molecule has 1 N–H and O–H groups in total. The van der Waals surface area contributed by atoms with Gasteiger partial charge in [-0.05, 0) is 48.1 Å². The van der Waals surface area contributed by atoms with Gasteiger partial charge in [-0.1, -0.05) is 17.5 Å². The van der Waals surface area contributed by atoms with Crippen LogP contribution in [0.5, 0.6) is 0 Å². The Bertz CT molecular complexity index is 756. The second-order valence-electron chi connectivity index (χ2n) is 5.54. The van der Waals surface area contributed by atoms with E-state index in [2.05, 4.69) is 14.9 Å². The molecule has 3 rings (SSSR count). The van der Waals surface area contributed by atoms with E-state index in [1.807, 2.05) is 30.0 Å². The number of aromatic nitrogens is 2. The number of amides is 2. The van der Waals surface area contributed by atoms with Gasteiger partial charge in [-0.25, -0.2) is 0 Å². The molecule has 1 aliphatic heterocycles. The van der Waals surface area contributed by atoms with Gasteiger partial charge in [-0.3, -0.25) is 9.59 Å². The Balaban J connectivity index is 1.77. The first-order valence-corrected chi connectivity index (χ1v) is 8.35. The van der Waals surface area contributed by atoms with E-state index in [9.17, 15) is 9.59 Å². The highest BCUT2D eigenvalue weighted by atomic mass is 32.1. The molecule has 2 aromatic rings. The number of nitrogens with one attached hydrogen (secondary N) is 1. The molecule has 0 fully saturated rings. The SMILES string of the molecule is CCC(=O)N1CCc2ccc(NC(=O)c3snnc3C)cc2C1. The number of hydrogen-bond acceptors (Lipinski definition) is 5. The number of hydrogen-bond donors (Lipinski definition) is 1. The van der Waals surface area contributed by atoms with Crippen molar-refractivity contribution in [3.05, 3.63) is 39.9 Å². The third-order valence-electron chi connectivity index (χ3n) is 3.99. The molecule has 1 aromatic heterocycles. The van der Waals surface area contributed by atoms with E-state index in [-0.39, 0.29) is 11.8 Å². The molecular formula is C16H18N4O2S. The lowest BCUT2D eigenvalue weighted by Crippen LogP contribution is -2.35. The standard InChI is InChI=1S/C16H18N4O2S/c1-3-14(21)20-7-6-11-4-5-13(8-12(11)9-20)17-16(22)15-10(2)18-19-23-15/h4-5,8H,3,6-7,9H2,1-2H3,(H,17,22). The molecule has 0 bridgehead atoms. The highest BCUT2D eigenvalue weighted by Gasteiger charge is 2.20. The molecule has 0 aliphatic carbocycles. The van der Waals surface area contributed by atoms with E-state index < -0.39 is 0 Å². The summed E-state index contributed by atoms with van der Waals surface area (Å²) in [7, 11) is 0. The van der Waals surface area contributed by atoms with Crippen LogP contribution in [-0.4, -0.2) is 32.8 Å². The average molecular weight is 330 g/mol. The topological polar surface area (TPSA) is 75.2 Å². The molecule has 23 heavy (non-hydrogen) atoms. The number of fused-ring (bicyclic) bond motifs is 1. The van der Waals surface area contributed by atoms with Crippen LogP contribution in [0.15, 0.2) is 18.2 Å². The highest BCUT2D eigenvalue weighted by molar-refractivity contribution is 7.08. The minimum atomic E-state index is -0.199. The van der Waals surface area contributed by atoms with Gasteiger partial charge in [0.2, 0.25) is 5.91 Å². The van der Waals surface area contributed by atoms with Crippen LogP contribution < -0.4 is 5.32 Å². The van der Waals surface area contributed by atoms with Crippen molar-refractivity contribution >= 4 is 29.0 Å². The summed E-state index contributed by atoms with van der Waals surface area (Å²) in [6, 6.07) is 5.88. The van der Waals surface area contributed by atoms with Gasteiger partial charge in [0, 0.05) is 25.2 Å². The summed E-state index contributed by atoms with van der Waals surface area (Å²) in [5, 5.41) is 6.73. The van der Waals surface area contributed by atoms with Crippen molar-refractivity contribution in [1.82, 2.24) is 14.5 Å². The summed E-state index contributed by atoms with van der Waals surface area (Å²) in [6.45, 7) is 5.00. The van der Waals surface area contributed by atoms with Gasteiger partial charge in [0.25, 0.3) is 5.91 Å². The Morgan fingerprint density at radius 2 is 2.17 bits per heavy atom. The van der Waals surface area contributed by atoms with Crippen molar-refractivity contribution in [2.24, 2.45) is 0 Å². The number of carbonyl (C=O) groups excluding carboxylic acids is 2. The first kappa shape index (κ1) is 15.6. The molecule has 0 unspecified atom stereocenters. The van der Waals surface area contributed by atoms with E-state index in [4.69, 9.17) is 0 Å². The predicted molar refractivity (Wildman–Crippen MR) is 88.5 cm³/mol. The average Bonchev–Trinajstić information content (AvgIpc) is 2.99. The molecular weight excluding hydrogens is 312 g/mol. The van der Waals surface area contributed by atoms with Crippen molar-refractivity contribution in [1.29, 1.82) is 0 Å². The zero-order valence-corrected chi connectivity index (χ0v) is 13.9. The van der Waals surface area contributed by atoms with Crippen LogP contribution >= 0.6 is 11.5 Å². The lowest BCUT2D eigenvalue weighted by Gasteiger charge is -2.29. The van der Waals surface area contributed by atoms with Crippen LogP contribution in [0.25, 0.3) is 0 Å². The van der Waals surface area contributed by atoms with Crippen molar-refractivity contribution in [3.8, 4) is 0 Å². The monoisotopic (exact) mass is 330 g/mol. The Kier molecular flexibility index (Phi) is 4.38. The molecule has 1 aromatic carbocycles. The summed E-state index contributed by atoms with van der Waals surface area (Å²) < 4.78 is 3.78. The lowest BCUT2D eigenvalue weighted by atomic mass is 9.99. The maximum Gasteiger partial charge on any atom is 0.269 e. The summed E-state index contributed by atoms with van der Waals surface area (Å²) in [5.74, 6) is -0.0359. The third-order valence-corrected chi connectivity index (χ3v) is 4.82. The molecule has 7 heteroatoms. The van der Waals surface area contributed by atoms with Crippen LogP contribution in [0.1, 0.15) is 39.8 Å². The fourth-order valence-electron chi connectivity index (χ4n) is 2.70. The fourth-order valence-corrected chi connectivity index (χ4v) is 3.25. The molecule has 6 nitrogen and oxygen atoms in total. The van der Waals surface area contributed by atoms with E-state index in [0.29, 0.717) is 23.5 Å². The zero-order valence-electron chi connectivity index (χ0n) is 13.1. The number of benzene rings is 1. The van der Waals surface area contributed by atoms with Gasteiger partial charge in [0.1, 0.15) is 4.88 Å². The van der Waals surface area contributed by atoms with Crippen LogP contribution in [0.4, 0.5) is 5.69 Å². The van der Waals surface area contributed by atoms with Gasteiger partial charge in [-0.2, -0.15) is 0 Å². The van der Waals surface area contributed by atoms with Crippen LogP contribution in [0.3, 0.4) is 0 Å². The number of rotatable bonds is 3. The summed E-state index contributed by atoms with van der Waals surface area (Å²) >= 11 is 1.09. The molecule has 0 saturated carbocycles. The van der Waals surface area contributed by atoms with Gasteiger partial charge < -0.3 is 10.2 Å². The van der Waals surface area contributed by atoms with Crippen molar-refractivity contribution in [2.45, 2.75) is 33.2 Å². The second kappa shape index (κ2) is 6.45. The molecule has 0 spiro atoms. The molecule has 120 valence electrons. The molecule has 0 saturated heterocycles. The highest BCUT2D eigenvalue weighted by Crippen LogP contribution is 2.24. The largest absolute Gasteiger partial charge is 0.338 e.